The number of rotatable bonds is 4. The standard InChI is InChI=1S/C13H21N3/c1-13(6-2-3-7-13)10-15-9-12-5-4-11(14)8-16-12/h4-5,8,15H,2-3,6-7,9-10,14H2,1H3. The SMILES string of the molecule is CC1(CNCc2ccc(N)cn2)CCCC1. The van der Waals surface area contributed by atoms with Crippen LogP contribution < -0.4 is 11.1 Å². The molecule has 1 aromatic heterocycles. The van der Waals surface area contributed by atoms with E-state index in [1.807, 2.05) is 12.1 Å². The van der Waals surface area contributed by atoms with Gasteiger partial charge in [0.15, 0.2) is 0 Å². The van der Waals surface area contributed by atoms with Crippen LogP contribution in [0.4, 0.5) is 5.69 Å². The van der Waals surface area contributed by atoms with Gasteiger partial charge in [-0.2, -0.15) is 0 Å². The second-order valence-electron chi connectivity index (χ2n) is 5.20. The fraction of sp³-hybridized carbons (Fsp3) is 0.615. The Kier molecular flexibility index (Phi) is 3.44. The Morgan fingerprint density at radius 2 is 2.12 bits per heavy atom. The van der Waals surface area contributed by atoms with E-state index in [-0.39, 0.29) is 0 Å². The predicted octanol–water partition coefficient (Wildman–Crippen LogP) is 2.33. The Hall–Kier alpha value is -1.09. The summed E-state index contributed by atoms with van der Waals surface area (Å²) in [6, 6.07) is 3.89. The lowest BCUT2D eigenvalue weighted by atomic mass is 9.89. The van der Waals surface area contributed by atoms with Crippen LogP contribution in [-0.4, -0.2) is 11.5 Å². The van der Waals surface area contributed by atoms with E-state index in [4.69, 9.17) is 5.73 Å². The topological polar surface area (TPSA) is 50.9 Å². The van der Waals surface area contributed by atoms with Crippen molar-refractivity contribution in [2.75, 3.05) is 12.3 Å². The molecule has 0 amide bonds. The van der Waals surface area contributed by atoms with Crippen molar-refractivity contribution in [1.82, 2.24) is 10.3 Å². The third kappa shape index (κ3) is 2.95. The van der Waals surface area contributed by atoms with E-state index in [0.29, 0.717) is 5.41 Å². The van der Waals surface area contributed by atoms with Gasteiger partial charge in [-0.05, 0) is 30.4 Å². The number of hydrogen-bond donors (Lipinski definition) is 2. The lowest BCUT2D eigenvalue weighted by Crippen LogP contribution is -2.29. The normalized spacial score (nSPS) is 18.8. The van der Waals surface area contributed by atoms with Gasteiger partial charge in [0.05, 0.1) is 17.6 Å². The van der Waals surface area contributed by atoms with Crippen LogP contribution in [0.3, 0.4) is 0 Å². The van der Waals surface area contributed by atoms with E-state index in [2.05, 4.69) is 17.2 Å². The third-order valence-corrected chi connectivity index (χ3v) is 3.52. The fourth-order valence-corrected chi connectivity index (χ4v) is 2.44. The molecule has 3 heteroatoms. The highest BCUT2D eigenvalue weighted by atomic mass is 14.9. The van der Waals surface area contributed by atoms with Crippen molar-refractivity contribution in [1.29, 1.82) is 0 Å². The number of nitrogens with two attached hydrogens (primary N) is 1. The first-order chi connectivity index (χ1) is 7.68. The summed E-state index contributed by atoms with van der Waals surface area (Å²) in [6.07, 6.45) is 7.20. The molecule has 0 atom stereocenters. The van der Waals surface area contributed by atoms with Gasteiger partial charge in [0.2, 0.25) is 0 Å². The Morgan fingerprint density at radius 3 is 2.75 bits per heavy atom. The largest absolute Gasteiger partial charge is 0.397 e. The minimum Gasteiger partial charge on any atom is -0.397 e. The summed E-state index contributed by atoms with van der Waals surface area (Å²) in [4.78, 5) is 4.28. The van der Waals surface area contributed by atoms with Gasteiger partial charge >= 0.3 is 0 Å². The number of nitrogens with zero attached hydrogens (tertiary/aromatic N) is 1. The van der Waals surface area contributed by atoms with Crippen LogP contribution in [0, 0.1) is 5.41 Å². The summed E-state index contributed by atoms with van der Waals surface area (Å²) < 4.78 is 0. The van der Waals surface area contributed by atoms with Gasteiger partial charge in [0.1, 0.15) is 0 Å². The van der Waals surface area contributed by atoms with E-state index in [1.54, 1.807) is 6.20 Å². The smallest absolute Gasteiger partial charge is 0.0543 e. The number of aromatic nitrogens is 1. The Morgan fingerprint density at radius 1 is 1.38 bits per heavy atom. The molecule has 1 saturated carbocycles. The van der Waals surface area contributed by atoms with Gasteiger partial charge in [-0.25, -0.2) is 0 Å². The molecule has 1 aliphatic carbocycles. The first kappa shape index (κ1) is 11.4. The molecule has 1 aromatic rings. The van der Waals surface area contributed by atoms with Crippen LogP contribution in [0.2, 0.25) is 0 Å². The van der Waals surface area contributed by atoms with Crippen LogP contribution in [0.5, 0.6) is 0 Å². The molecule has 1 heterocycles. The number of pyridine rings is 1. The molecule has 88 valence electrons. The van der Waals surface area contributed by atoms with Gasteiger partial charge in [-0.1, -0.05) is 19.8 Å². The van der Waals surface area contributed by atoms with E-state index in [1.165, 1.54) is 25.7 Å². The average molecular weight is 219 g/mol. The second-order valence-corrected chi connectivity index (χ2v) is 5.20. The summed E-state index contributed by atoms with van der Waals surface area (Å²) in [7, 11) is 0. The van der Waals surface area contributed by atoms with Gasteiger partial charge in [0, 0.05) is 13.1 Å². The highest BCUT2D eigenvalue weighted by molar-refractivity contribution is 5.34. The van der Waals surface area contributed by atoms with Gasteiger partial charge in [-0.3, -0.25) is 4.98 Å². The van der Waals surface area contributed by atoms with Crippen molar-refractivity contribution in [3.8, 4) is 0 Å². The van der Waals surface area contributed by atoms with Crippen molar-refractivity contribution in [2.24, 2.45) is 5.41 Å². The monoisotopic (exact) mass is 219 g/mol. The van der Waals surface area contributed by atoms with Crippen LogP contribution in [-0.2, 0) is 6.54 Å². The number of nitrogen functional groups attached to an aromatic ring is 1. The number of anilines is 1. The first-order valence-electron chi connectivity index (χ1n) is 6.09. The maximum absolute atomic E-state index is 5.59. The van der Waals surface area contributed by atoms with Crippen molar-refractivity contribution in [3.05, 3.63) is 24.0 Å². The molecule has 1 aliphatic rings. The maximum Gasteiger partial charge on any atom is 0.0543 e. The molecule has 0 saturated heterocycles. The maximum atomic E-state index is 5.59. The number of hydrogen-bond acceptors (Lipinski definition) is 3. The van der Waals surface area contributed by atoms with Gasteiger partial charge in [-0.15, -0.1) is 0 Å². The Bertz CT molecular complexity index is 326. The molecule has 0 unspecified atom stereocenters. The average Bonchev–Trinajstić information content (AvgIpc) is 2.69. The molecule has 3 N–H and O–H groups in total. The van der Waals surface area contributed by atoms with E-state index in [0.717, 1.165) is 24.5 Å². The van der Waals surface area contributed by atoms with E-state index >= 15 is 0 Å². The molecular formula is C13H21N3. The molecule has 0 aliphatic heterocycles. The van der Waals surface area contributed by atoms with Crippen molar-refractivity contribution >= 4 is 5.69 Å². The summed E-state index contributed by atoms with van der Waals surface area (Å²) in [5.74, 6) is 0. The quantitative estimate of drug-likeness (QED) is 0.817. The van der Waals surface area contributed by atoms with E-state index in [9.17, 15) is 0 Å². The van der Waals surface area contributed by atoms with Crippen LogP contribution in [0.1, 0.15) is 38.3 Å². The minimum absolute atomic E-state index is 0.508. The molecule has 2 rings (SSSR count). The van der Waals surface area contributed by atoms with Gasteiger partial charge < -0.3 is 11.1 Å². The lowest BCUT2D eigenvalue weighted by Gasteiger charge is -2.23. The third-order valence-electron chi connectivity index (χ3n) is 3.52. The highest BCUT2D eigenvalue weighted by Crippen LogP contribution is 2.36. The van der Waals surface area contributed by atoms with Crippen molar-refractivity contribution < 1.29 is 0 Å². The molecule has 0 bridgehead atoms. The zero-order chi connectivity index (χ0) is 11.4. The molecule has 1 fully saturated rings. The summed E-state index contributed by atoms with van der Waals surface area (Å²) in [5.41, 5.74) is 7.89. The second kappa shape index (κ2) is 4.83. The van der Waals surface area contributed by atoms with Crippen molar-refractivity contribution in [2.45, 2.75) is 39.2 Å². The minimum atomic E-state index is 0.508. The first-order valence-corrected chi connectivity index (χ1v) is 6.09. The molecular weight excluding hydrogens is 198 g/mol. The zero-order valence-electron chi connectivity index (χ0n) is 10.00. The lowest BCUT2D eigenvalue weighted by molar-refractivity contribution is 0.314. The summed E-state index contributed by atoms with van der Waals surface area (Å²) in [6.45, 7) is 4.32. The molecule has 3 nitrogen and oxygen atoms in total. The van der Waals surface area contributed by atoms with Gasteiger partial charge in [0.25, 0.3) is 0 Å². The summed E-state index contributed by atoms with van der Waals surface area (Å²) in [5, 5.41) is 3.50. The molecule has 16 heavy (non-hydrogen) atoms. The molecule has 0 radical (unpaired) electrons. The fourth-order valence-electron chi connectivity index (χ4n) is 2.44. The number of nitrogens with one attached hydrogen (secondary N) is 1. The Labute approximate surface area is 97.5 Å². The van der Waals surface area contributed by atoms with Crippen LogP contribution in [0.15, 0.2) is 18.3 Å². The molecule has 0 spiro atoms. The molecule has 0 aromatic carbocycles. The van der Waals surface area contributed by atoms with Crippen molar-refractivity contribution in [3.63, 3.8) is 0 Å². The Balaban J connectivity index is 1.77. The van der Waals surface area contributed by atoms with Crippen LogP contribution in [0.25, 0.3) is 0 Å². The highest BCUT2D eigenvalue weighted by Gasteiger charge is 2.27. The zero-order valence-corrected chi connectivity index (χ0v) is 10.00. The van der Waals surface area contributed by atoms with E-state index < -0.39 is 0 Å². The van der Waals surface area contributed by atoms with Crippen LogP contribution >= 0.6 is 0 Å². The predicted molar refractivity (Wildman–Crippen MR) is 66.9 cm³/mol. The summed E-state index contributed by atoms with van der Waals surface area (Å²) >= 11 is 0.